The predicted octanol–water partition coefficient (Wildman–Crippen LogP) is 2.45. The van der Waals surface area contributed by atoms with E-state index in [0.29, 0.717) is 6.54 Å². The summed E-state index contributed by atoms with van der Waals surface area (Å²) in [6.07, 6.45) is -1.33. The largest absolute Gasteiger partial charge is 0.508 e. The van der Waals surface area contributed by atoms with E-state index < -0.39 is 35.8 Å². The number of hydrogen-bond donors (Lipinski definition) is 3. The lowest BCUT2D eigenvalue weighted by molar-refractivity contribution is -0.137. The lowest BCUT2D eigenvalue weighted by atomic mass is 10.0. The van der Waals surface area contributed by atoms with Crippen molar-refractivity contribution in [2.75, 3.05) is 13.6 Å². The monoisotopic (exact) mass is 497 g/mol. The van der Waals surface area contributed by atoms with Crippen LogP contribution >= 0.6 is 0 Å². The lowest BCUT2D eigenvalue weighted by Gasteiger charge is -2.30. The highest BCUT2D eigenvalue weighted by Crippen LogP contribution is 2.22. The summed E-state index contributed by atoms with van der Waals surface area (Å²) in [7, 11) is 1.66. The Hall–Kier alpha value is -3.59. The highest BCUT2D eigenvalue weighted by molar-refractivity contribution is 5.91. The smallest absolute Gasteiger partial charge is 0.411 e. The van der Waals surface area contributed by atoms with Crippen molar-refractivity contribution in [1.29, 1.82) is 0 Å². The van der Waals surface area contributed by atoms with Gasteiger partial charge in [0.05, 0.1) is 12.6 Å². The van der Waals surface area contributed by atoms with E-state index in [0.717, 1.165) is 11.1 Å². The maximum Gasteiger partial charge on any atom is 0.411 e. The van der Waals surface area contributed by atoms with E-state index in [9.17, 15) is 24.6 Å². The van der Waals surface area contributed by atoms with Gasteiger partial charge >= 0.3 is 6.09 Å². The Morgan fingerprint density at radius 2 is 1.72 bits per heavy atom. The van der Waals surface area contributed by atoms with Crippen molar-refractivity contribution < 1.29 is 29.3 Å². The molecule has 3 N–H and O–H groups in total. The molecule has 2 aromatic carbocycles. The minimum atomic E-state index is -0.968. The number of aliphatic hydroxyl groups excluding tert-OH is 1. The Morgan fingerprint density at radius 3 is 2.33 bits per heavy atom. The van der Waals surface area contributed by atoms with Crippen molar-refractivity contribution in [3.8, 4) is 5.75 Å². The third kappa shape index (κ3) is 7.45. The van der Waals surface area contributed by atoms with Crippen LogP contribution in [0.1, 0.15) is 38.3 Å². The molecule has 1 fully saturated rings. The number of nitrogens with zero attached hydrogens (tertiary/aromatic N) is 2. The second kappa shape index (κ2) is 11.4. The van der Waals surface area contributed by atoms with Crippen molar-refractivity contribution in [2.45, 2.75) is 63.9 Å². The summed E-state index contributed by atoms with van der Waals surface area (Å²) < 4.78 is 5.41. The fraction of sp³-hybridized carbons (Fsp3) is 0.444. The van der Waals surface area contributed by atoms with Crippen LogP contribution in [-0.2, 0) is 27.3 Å². The molecule has 0 bridgehead atoms. The van der Waals surface area contributed by atoms with Gasteiger partial charge in [-0.15, -0.1) is 0 Å². The molecule has 194 valence electrons. The molecule has 0 unspecified atom stereocenters. The van der Waals surface area contributed by atoms with E-state index in [1.165, 1.54) is 21.9 Å². The Balaban J connectivity index is 1.79. The highest BCUT2D eigenvalue weighted by Gasteiger charge is 2.42. The van der Waals surface area contributed by atoms with Gasteiger partial charge < -0.3 is 25.2 Å². The van der Waals surface area contributed by atoms with Crippen molar-refractivity contribution in [3.05, 3.63) is 65.7 Å². The molecule has 1 aliphatic rings. The number of β-amino-alcohol motifs (C(OH)–C–C–N with tert-alkyl or cyclic N) is 1. The standard InChI is InChI=1S/C27H35N3O6/c1-27(2,3)36-26(35)30-17-21(32)15-23(30)24(33)28-22(14-18-10-12-20(31)13-11-18)25(34)29(4)16-19-8-6-5-7-9-19/h5-13,21-23,31-32H,14-17H2,1-4H3,(H,28,33)/t21-,22+,23+/m1/s1. The number of rotatable bonds is 7. The van der Waals surface area contributed by atoms with Crippen LogP contribution < -0.4 is 5.32 Å². The van der Waals surface area contributed by atoms with Gasteiger partial charge in [0, 0.05) is 26.4 Å². The van der Waals surface area contributed by atoms with E-state index in [2.05, 4.69) is 5.32 Å². The zero-order chi connectivity index (χ0) is 26.5. The van der Waals surface area contributed by atoms with Gasteiger partial charge in [-0.05, 0) is 44.0 Å². The second-order valence-electron chi connectivity index (χ2n) is 10.1. The second-order valence-corrected chi connectivity index (χ2v) is 10.1. The van der Waals surface area contributed by atoms with Crippen molar-refractivity contribution in [1.82, 2.24) is 15.1 Å². The summed E-state index contributed by atoms with van der Waals surface area (Å²) in [6, 6.07) is 14.0. The molecule has 0 radical (unpaired) electrons. The molecule has 3 rings (SSSR count). The number of nitrogens with one attached hydrogen (secondary N) is 1. The number of phenolic OH excluding ortho intramolecular Hbond substituents is 1. The summed E-state index contributed by atoms with van der Waals surface area (Å²) in [5.74, 6) is -0.745. The molecule has 0 saturated carbocycles. The SMILES string of the molecule is CN(Cc1ccccc1)C(=O)[C@H](Cc1ccc(O)cc1)NC(=O)[C@@H]1C[C@@H](O)CN1C(=O)OC(C)(C)C. The van der Waals surface area contributed by atoms with E-state index >= 15 is 0 Å². The number of likely N-dealkylation sites (N-methyl/N-ethyl adjacent to an activating group) is 1. The summed E-state index contributed by atoms with van der Waals surface area (Å²) in [6.45, 7) is 5.50. The first-order valence-electron chi connectivity index (χ1n) is 12.0. The molecule has 3 atom stereocenters. The summed E-state index contributed by atoms with van der Waals surface area (Å²) >= 11 is 0. The van der Waals surface area contributed by atoms with Crippen molar-refractivity contribution in [2.24, 2.45) is 0 Å². The fourth-order valence-corrected chi connectivity index (χ4v) is 4.12. The van der Waals surface area contributed by atoms with Gasteiger partial charge in [-0.3, -0.25) is 14.5 Å². The first kappa shape index (κ1) is 27.0. The van der Waals surface area contributed by atoms with Crippen molar-refractivity contribution >= 4 is 17.9 Å². The number of aliphatic hydroxyl groups is 1. The van der Waals surface area contributed by atoms with E-state index in [1.807, 2.05) is 30.3 Å². The first-order chi connectivity index (χ1) is 16.9. The van der Waals surface area contributed by atoms with E-state index in [1.54, 1.807) is 40.0 Å². The number of carbonyl (C=O) groups is 3. The van der Waals surface area contributed by atoms with Crippen molar-refractivity contribution in [3.63, 3.8) is 0 Å². The maximum atomic E-state index is 13.4. The molecule has 36 heavy (non-hydrogen) atoms. The Labute approximate surface area is 211 Å². The fourth-order valence-electron chi connectivity index (χ4n) is 4.12. The lowest BCUT2D eigenvalue weighted by Crippen LogP contribution is -2.54. The summed E-state index contributed by atoms with van der Waals surface area (Å²) in [5.41, 5.74) is 0.927. The van der Waals surface area contributed by atoms with Gasteiger partial charge in [0.1, 0.15) is 23.4 Å². The zero-order valence-electron chi connectivity index (χ0n) is 21.2. The number of phenols is 1. The molecule has 0 spiro atoms. The van der Waals surface area contributed by atoms with Crippen LogP contribution in [0.15, 0.2) is 54.6 Å². The number of amides is 3. The Morgan fingerprint density at radius 1 is 1.08 bits per heavy atom. The predicted molar refractivity (Wildman–Crippen MR) is 134 cm³/mol. The molecule has 9 nitrogen and oxygen atoms in total. The maximum absolute atomic E-state index is 13.4. The molecule has 0 aliphatic carbocycles. The minimum absolute atomic E-state index is 0.0303. The molecule has 3 amide bonds. The van der Waals surface area contributed by atoms with Crippen LogP contribution in [0.5, 0.6) is 5.75 Å². The van der Waals surface area contributed by atoms with Gasteiger partial charge in [0.15, 0.2) is 0 Å². The van der Waals surface area contributed by atoms with Crippen LogP contribution in [0.3, 0.4) is 0 Å². The Bertz CT molecular complexity index is 1050. The number of likely N-dealkylation sites (tertiary alicyclic amines) is 1. The average molecular weight is 498 g/mol. The molecular weight excluding hydrogens is 462 g/mol. The van der Waals surface area contributed by atoms with Gasteiger partial charge in [0.25, 0.3) is 0 Å². The topological polar surface area (TPSA) is 119 Å². The molecule has 9 heteroatoms. The summed E-state index contributed by atoms with van der Waals surface area (Å²) in [4.78, 5) is 42.2. The van der Waals surface area contributed by atoms with Crippen LogP contribution in [-0.4, -0.2) is 75.3 Å². The van der Waals surface area contributed by atoms with Gasteiger partial charge in [-0.25, -0.2) is 4.79 Å². The molecule has 1 aliphatic heterocycles. The average Bonchev–Trinajstić information content (AvgIpc) is 3.21. The molecule has 1 heterocycles. The normalized spacial score (nSPS) is 18.4. The third-order valence-corrected chi connectivity index (χ3v) is 5.84. The van der Waals surface area contributed by atoms with Gasteiger partial charge in [-0.1, -0.05) is 42.5 Å². The molecule has 1 saturated heterocycles. The van der Waals surface area contributed by atoms with Crippen LogP contribution in [0.25, 0.3) is 0 Å². The highest BCUT2D eigenvalue weighted by atomic mass is 16.6. The van der Waals surface area contributed by atoms with Gasteiger partial charge in [0.2, 0.25) is 11.8 Å². The first-order valence-corrected chi connectivity index (χ1v) is 12.0. The van der Waals surface area contributed by atoms with E-state index in [-0.39, 0.29) is 31.0 Å². The number of ether oxygens (including phenoxy) is 1. The Kier molecular flexibility index (Phi) is 8.57. The van der Waals surface area contributed by atoms with E-state index in [4.69, 9.17) is 4.74 Å². The van der Waals surface area contributed by atoms with Gasteiger partial charge in [-0.2, -0.15) is 0 Å². The molecule has 2 aromatic rings. The number of benzene rings is 2. The summed E-state index contributed by atoms with van der Waals surface area (Å²) in [5, 5.41) is 22.6. The van der Waals surface area contributed by atoms with Crippen LogP contribution in [0, 0.1) is 0 Å². The van der Waals surface area contributed by atoms with Crippen LogP contribution in [0.2, 0.25) is 0 Å². The third-order valence-electron chi connectivity index (χ3n) is 5.84. The number of carbonyl (C=O) groups excluding carboxylic acids is 3. The van der Waals surface area contributed by atoms with Crippen LogP contribution in [0.4, 0.5) is 4.79 Å². The quantitative estimate of drug-likeness (QED) is 0.541. The zero-order valence-corrected chi connectivity index (χ0v) is 21.2. The number of aromatic hydroxyl groups is 1. The molecular formula is C27H35N3O6. The minimum Gasteiger partial charge on any atom is -0.508 e. The molecule has 0 aromatic heterocycles. The number of hydrogen-bond acceptors (Lipinski definition) is 6.